The van der Waals surface area contributed by atoms with Gasteiger partial charge in [-0.1, -0.05) is 24.3 Å². The first-order valence-corrected chi connectivity index (χ1v) is 14.1. The van der Waals surface area contributed by atoms with Crippen molar-refractivity contribution in [2.75, 3.05) is 13.1 Å². The van der Waals surface area contributed by atoms with Crippen LogP contribution < -0.4 is 4.72 Å². The first-order valence-electron chi connectivity index (χ1n) is 13.0. The van der Waals surface area contributed by atoms with Gasteiger partial charge < -0.3 is 18.9 Å². The van der Waals surface area contributed by atoms with Crippen LogP contribution in [0.2, 0.25) is 0 Å². The van der Waals surface area contributed by atoms with Gasteiger partial charge in [0.15, 0.2) is 5.69 Å². The molecule has 1 amide bonds. The molecule has 1 N–H and O–H groups in total. The lowest BCUT2D eigenvalue weighted by Crippen LogP contribution is -2.54. The number of piperidine rings is 1. The molecule has 2 fully saturated rings. The summed E-state index contributed by atoms with van der Waals surface area (Å²) < 4.78 is 27.6. The summed E-state index contributed by atoms with van der Waals surface area (Å²) in [5.74, 6) is -0.444. The van der Waals surface area contributed by atoms with Gasteiger partial charge in [-0.25, -0.2) is 14.6 Å². The number of esters is 1. The van der Waals surface area contributed by atoms with Crippen LogP contribution in [0.25, 0.3) is 10.8 Å². The third-order valence-electron chi connectivity index (χ3n) is 7.23. The molecule has 2 heterocycles. The molecule has 3 atom stereocenters. The zero-order valence-corrected chi connectivity index (χ0v) is 23.5. The first kappa shape index (κ1) is 27.7. The molecular weight excluding hydrogens is 490 g/mol. The van der Waals surface area contributed by atoms with E-state index in [0.717, 1.165) is 10.8 Å². The number of fused-ring (bicyclic) bond motifs is 1. The minimum atomic E-state index is -1.28. The Bertz CT molecular complexity index is 1130. The van der Waals surface area contributed by atoms with Crippen molar-refractivity contribution in [2.45, 2.75) is 89.7 Å². The fraction of sp³-hybridized carbons (Fsp3) is 0.607. The molecule has 1 saturated heterocycles. The number of carbonyl (C=O) groups excluding carboxylic acids is 2. The topological polar surface area (TPSA) is 104 Å². The Morgan fingerprint density at radius 2 is 1.78 bits per heavy atom. The van der Waals surface area contributed by atoms with E-state index in [1.807, 2.05) is 71.9 Å². The molecule has 1 aromatic heterocycles. The van der Waals surface area contributed by atoms with Crippen LogP contribution in [0, 0.1) is 5.41 Å². The van der Waals surface area contributed by atoms with E-state index in [1.54, 1.807) is 11.1 Å². The van der Waals surface area contributed by atoms with Crippen LogP contribution in [-0.4, -0.2) is 62.1 Å². The number of nitrogens with zero attached hydrogens (tertiary/aromatic N) is 2. The maximum Gasteiger partial charge on any atom is 0.410 e. The van der Waals surface area contributed by atoms with Crippen molar-refractivity contribution < 1.29 is 23.6 Å². The standard InChI is InChI=1S/C28H39N3O5S/c1-26(2,3)36-25(33)31-15-12-28(13-16-31)18-20(17-22(28)30-37(34)27(4,5)6)35-24(32)23-21-10-8-7-9-19(21)11-14-29-23/h7-11,14,20,22,30H,12-13,15-18H2,1-6H3/t20-,22-,37-/m1/s1. The summed E-state index contributed by atoms with van der Waals surface area (Å²) in [6.45, 7) is 12.5. The van der Waals surface area contributed by atoms with E-state index in [4.69, 9.17) is 9.47 Å². The molecule has 1 aliphatic carbocycles. The lowest BCUT2D eigenvalue weighted by Gasteiger charge is -2.43. The maximum absolute atomic E-state index is 13.2. The summed E-state index contributed by atoms with van der Waals surface area (Å²) >= 11 is -1.28. The van der Waals surface area contributed by atoms with E-state index in [-0.39, 0.29) is 23.7 Å². The van der Waals surface area contributed by atoms with Crippen LogP contribution in [0.15, 0.2) is 36.5 Å². The highest BCUT2D eigenvalue weighted by Crippen LogP contribution is 2.48. The molecule has 0 radical (unpaired) electrons. The van der Waals surface area contributed by atoms with E-state index < -0.39 is 27.7 Å². The molecule has 9 heteroatoms. The highest BCUT2D eigenvalue weighted by molar-refractivity contribution is 7.90. The molecule has 1 saturated carbocycles. The second-order valence-corrected chi connectivity index (χ2v) is 14.2. The average molecular weight is 530 g/mol. The van der Waals surface area contributed by atoms with Gasteiger partial charge in [-0.15, -0.1) is 4.72 Å². The van der Waals surface area contributed by atoms with Crippen molar-refractivity contribution in [1.29, 1.82) is 0 Å². The maximum atomic E-state index is 13.2. The van der Waals surface area contributed by atoms with E-state index >= 15 is 0 Å². The molecule has 8 nitrogen and oxygen atoms in total. The van der Waals surface area contributed by atoms with Crippen LogP contribution in [0.3, 0.4) is 0 Å². The number of aromatic nitrogens is 1. The summed E-state index contributed by atoms with van der Waals surface area (Å²) in [7, 11) is 0. The number of rotatable bonds is 4. The fourth-order valence-corrected chi connectivity index (χ4v) is 6.22. The van der Waals surface area contributed by atoms with Crippen LogP contribution in [0.1, 0.15) is 77.7 Å². The lowest BCUT2D eigenvalue weighted by atomic mass is 9.74. The molecule has 0 unspecified atom stereocenters. The van der Waals surface area contributed by atoms with Crippen LogP contribution >= 0.6 is 0 Å². The van der Waals surface area contributed by atoms with Gasteiger partial charge >= 0.3 is 12.1 Å². The van der Waals surface area contributed by atoms with Crippen molar-refractivity contribution in [3.05, 3.63) is 42.2 Å². The Kier molecular flexibility index (Phi) is 7.79. The molecule has 202 valence electrons. The van der Waals surface area contributed by atoms with Gasteiger partial charge in [-0.05, 0) is 77.7 Å². The zero-order valence-electron chi connectivity index (χ0n) is 22.7. The van der Waals surface area contributed by atoms with Crippen LogP contribution in [0.5, 0.6) is 0 Å². The molecular formula is C28H39N3O5S. The van der Waals surface area contributed by atoms with Crippen LogP contribution in [0.4, 0.5) is 4.79 Å². The Morgan fingerprint density at radius 1 is 1.11 bits per heavy atom. The Morgan fingerprint density at radius 3 is 2.43 bits per heavy atom. The highest BCUT2D eigenvalue weighted by atomic mass is 32.2. The highest BCUT2D eigenvalue weighted by Gasteiger charge is 2.53. The second-order valence-electron chi connectivity index (χ2n) is 12.2. The average Bonchev–Trinajstić information content (AvgIpc) is 3.12. The summed E-state index contributed by atoms with van der Waals surface area (Å²) in [6.07, 6.45) is 3.61. The molecule has 2 aliphatic rings. The first-order chi connectivity index (χ1) is 17.3. The molecule has 2 aromatic rings. The summed E-state index contributed by atoms with van der Waals surface area (Å²) in [4.78, 5) is 31.9. The summed E-state index contributed by atoms with van der Waals surface area (Å²) in [6, 6.07) is 9.39. The van der Waals surface area contributed by atoms with Gasteiger partial charge in [-0.2, -0.15) is 0 Å². The number of ether oxygens (including phenoxy) is 2. The Labute approximate surface area is 222 Å². The smallest absolute Gasteiger partial charge is 0.410 e. The molecule has 0 bridgehead atoms. The number of hydrogen-bond acceptors (Lipinski definition) is 7. The Balaban J connectivity index is 1.50. The third-order valence-corrected chi connectivity index (χ3v) is 8.84. The van der Waals surface area contributed by atoms with Crippen molar-refractivity contribution in [2.24, 2.45) is 5.41 Å². The normalized spacial score (nSPS) is 22.7. The number of hydrogen-bond donors (Lipinski definition) is 1. The monoisotopic (exact) mass is 529 g/mol. The van der Waals surface area contributed by atoms with Crippen molar-refractivity contribution in [3.63, 3.8) is 0 Å². The molecule has 37 heavy (non-hydrogen) atoms. The SMILES string of the molecule is CC(C)(C)OC(=O)N1CCC2(CC1)C[C@H](OC(=O)c1nccc3ccccc13)C[C@H]2N[S@+]([O-])C(C)(C)C. The van der Waals surface area contributed by atoms with E-state index in [1.165, 1.54) is 0 Å². The third kappa shape index (κ3) is 6.38. The van der Waals surface area contributed by atoms with E-state index in [2.05, 4.69) is 9.71 Å². The largest absolute Gasteiger partial charge is 0.598 e. The number of carbonyl (C=O) groups is 2. The van der Waals surface area contributed by atoms with E-state index in [9.17, 15) is 14.1 Å². The van der Waals surface area contributed by atoms with E-state index in [0.29, 0.717) is 44.5 Å². The number of benzene rings is 1. The predicted molar refractivity (Wildman–Crippen MR) is 144 cm³/mol. The van der Waals surface area contributed by atoms with Gasteiger partial charge in [0.2, 0.25) is 0 Å². The number of pyridine rings is 1. The summed E-state index contributed by atoms with van der Waals surface area (Å²) in [5, 5.41) is 1.69. The quantitative estimate of drug-likeness (QED) is 0.439. The minimum absolute atomic E-state index is 0.105. The van der Waals surface area contributed by atoms with Crippen molar-refractivity contribution in [3.8, 4) is 0 Å². The van der Waals surface area contributed by atoms with Crippen LogP contribution in [-0.2, 0) is 20.8 Å². The minimum Gasteiger partial charge on any atom is -0.598 e. The molecule has 1 aromatic carbocycles. The fourth-order valence-electron chi connectivity index (χ4n) is 5.26. The number of amides is 1. The van der Waals surface area contributed by atoms with Crippen molar-refractivity contribution >= 4 is 34.2 Å². The number of likely N-dealkylation sites (tertiary alicyclic amines) is 1. The Hall–Kier alpha value is -2.36. The van der Waals surface area contributed by atoms with Gasteiger partial charge in [0.25, 0.3) is 0 Å². The second kappa shape index (κ2) is 10.4. The van der Waals surface area contributed by atoms with Gasteiger partial charge in [0, 0.05) is 42.5 Å². The lowest BCUT2D eigenvalue weighted by molar-refractivity contribution is 0.00493. The zero-order chi connectivity index (χ0) is 27.0. The van der Waals surface area contributed by atoms with Gasteiger partial charge in [-0.3, -0.25) is 0 Å². The van der Waals surface area contributed by atoms with Gasteiger partial charge in [0.05, 0.1) is 6.04 Å². The molecule has 1 aliphatic heterocycles. The van der Waals surface area contributed by atoms with Crippen molar-refractivity contribution in [1.82, 2.24) is 14.6 Å². The predicted octanol–water partition coefficient (Wildman–Crippen LogP) is 4.99. The van der Waals surface area contributed by atoms with Gasteiger partial charge in [0.1, 0.15) is 16.5 Å². The molecule has 1 spiro atoms. The number of nitrogens with one attached hydrogen (secondary N) is 1. The summed E-state index contributed by atoms with van der Waals surface area (Å²) in [5.41, 5.74) is -0.486. The molecule has 4 rings (SSSR count).